The highest BCUT2D eigenvalue weighted by Crippen LogP contribution is 2.44. The minimum atomic E-state index is -0.242. The zero-order chi connectivity index (χ0) is 16.6. The zero-order valence-electron chi connectivity index (χ0n) is 14.0. The third-order valence-corrected chi connectivity index (χ3v) is 5.48. The van der Waals surface area contributed by atoms with Gasteiger partial charge in [0.1, 0.15) is 6.26 Å². The van der Waals surface area contributed by atoms with Gasteiger partial charge in [0.2, 0.25) is 11.8 Å². The summed E-state index contributed by atoms with van der Waals surface area (Å²) in [7, 11) is 0. The highest BCUT2D eigenvalue weighted by molar-refractivity contribution is 5.96. The minimum absolute atomic E-state index is 0.151. The molecule has 1 amide bonds. The van der Waals surface area contributed by atoms with E-state index in [2.05, 4.69) is 15.6 Å². The first-order valence-corrected chi connectivity index (χ1v) is 8.72. The number of nitrogens with zero attached hydrogens (tertiary/aromatic N) is 1. The Labute approximate surface area is 141 Å². The number of carbonyl (C=O) groups is 1. The van der Waals surface area contributed by atoms with Crippen LogP contribution in [0.15, 0.2) is 34.9 Å². The normalized spacial score (nSPS) is 26.1. The van der Waals surface area contributed by atoms with Gasteiger partial charge in [-0.25, -0.2) is 4.98 Å². The number of fused-ring (bicyclic) bond motifs is 1. The molecule has 0 bridgehead atoms. The van der Waals surface area contributed by atoms with Crippen molar-refractivity contribution in [1.82, 2.24) is 10.3 Å². The van der Waals surface area contributed by atoms with Gasteiger partial charge in [0, 0.05) is 17.8 Å². The molecule has 2 atom stereocenters. The Morgan fingerprint density at radius 3 is 3.17 bits per heavy atom. The Balaban J connectivity index is 1.56. The van der Waals surface area contributed by atoms with Crippen molar-refractivity contribution < 1.29 is 9.21 Å². The highest BCUT2D eigenvalue weighted by atomic mass is 16.3. The highest BCUT2D eigenvalue weighted by Gasteiger charge is 2.49. The molecule has 1 saturated heterocycles. The lowest BCUT2D eigenvalue weighted by Gasteiger charge is -2.37. The van der Waals surface area contributed by atoms with Crippen LogP contribution >= 0.6 is 0 Å². The predicted octanol–water partition coefficient (Wildman–Crippen LogP) is 3.37. The second-order valence-electron chi connectivity index (χ2n) is 7.06. The van der Waals surface area contributed by atoms with E-state index < -0.39 is 0 Å². The zero-order valence-corrected chi connectivity index (χ0v) is 14.0. The minimum Gasteiger partial charge on any atom is -0.444 e. The molecular weight excluding hydrogens is 302 g/mol. The van der Waals surface area contributed by atoms with Crippen molar-refractivity contribution in [2.24, 2.45) is 11.3 Å². The number of nitrogens with one attached hydrogen (secondary N) is 2. The van der Waals surface area contributed by atoms with Crippen molar-refractivity contribution in [1.29, 1.82) is 0 Å². The lowest BCUT2D eigenvalue weighted by molar-refractivity contribution is -0.128. The summed E-state index contributed by atoms with van der Waals surface area (Å²) in [5.41, 5.74) is 2.29. The van der Waals surface area contributed by atoms with Crippen molar-refractivity contribution >= 4 is 11.6 Å². The van der Waals surface area contributed by atoms with Gasteiger partial charge in [-0.05, 0) is 50.4 Å². The number of amides is 1. The first-order valence-electron chi connectivity index (χ1n) is 8.72. The number of hydrogen-bond donors (Lipinski definition) is 2. The number of carbonyl (C=O) groups excluding carboxylic acids is 1. The summed E-state index contributed by atoms with van der Waals surface area (Å²) in [5.74, 6) is 1.20. The van der Waals surface area contributed by atoms with Gasteiger partial charge in [0.25, 0.3) is 0 Å². The Hall–Kier alpha value is -2.14. The van der Waals surface area contributed by atoms with Gasteiger partial charge >= 0.3 is 0 Å². The molecule has 1 aliphatic carbocycles. The number of aromatic nitrogens is 1. The summed E-state index contributed by atoms with van der Waals surface area (Å²) < 4.78 is 5.46. The van der Waals surface area contributed by atoms with E-state index in [9.17, 15) is 4.79 Å². The number of hydrogen-bond acceptors (Lipinski definition) is 4. The van der Waals surface area contributed by atoms with Crippen LogP contribution in [0.1, 0.15) is 31.4 Å². The van der Waals surface area contributed by atoms with Crippen LogP contribution in [0.5, 0.6) is 0 Å². The maximum atomic E-state index is 13.0. The molecular formula is C19H23N3O2. The molecule has 2 heterocycles. The quantitative estimate of drug-likeness (QED) is 0.908. The van der Waals surface area contributed by atoms with Gasteiger partial charge < -0.3 is 15.1 Å². The molecule has 2 aliphatic rings. The number of anilines is 1. The van der Waals surface area contributed by atoms with Crippen molar-refractivity contribution in [3.8, 4) is 11.5 Å². The molecule has 2 fully saturated rings. The van der Waals surface area contributed by atoms with E-state index in [1.54, 1.807) is 6.26 Å². The van der Waals surface area contributed by atoms with Crippen LogP contribution in [0.2, 0.25) is 0 Å². The number of aryl methyl sites for hydroxylation is 1. The van der Waals surface area contributed by atoms with Crippen LogP contribution in [0.25, 0.3) is 11.5 Å². The maximum absolute atomic E-state index is 13.0. The van der Waals surface area contributed by atoms with Gasteiger partial charge in [0.05, 0.1) is 11.1 Å². The third kappa shape index (κ3) is 2.63. The summed E-state index contributed by atoms with van der Waals surface area (Å²) >= 11 is 0. The van der Waals surface area contributed by atoms with E-state index in [4.69, 9.17) is 4.42 Å². The van der Waals surface area contributed by atoms with Gasteiger partial charge in [-0.2, -0.15) is 0 Å². The maximum Gasteiger partial charge on any atom is 0.232 e. The second kappa shape index (κ2) is 6.06. The fraction of sp³-hybridized carbons (Fsp3) is 0.474. The molecule has 126 valence electrons. The summed E-state index contributed by atoms with van der Waals surface area (Å²) in [6.45, 7) is 3.65. The molecule has 1 aliphatic heterocycles. The smallest absolute Gasteiger partial charge is 0.232 e. The molecule has 2 N–H and O–H groups in total. The molecule has 1 saturated carbocycles. The van der Waals surface area contributed by atoms with Crippen LogP contribution < -0.4 is 10.6 Å². The van der Waals surface area contributed by atoms with Crippen LogP contribution in [-0.2, 0) is 4.79 Å². The van der Waals surface area contributed by atoms with Gasteiger partial charge in [-0.15, -0.1) is 0 Å². The van der Waals surface area contributed by atoms with Gasteiger partial charge in [-0.3, -0.25) is 4.79 Å². The van der Waals surface area contributed by atoms with Crippen molar-refractivity contribution in [3.63, 3.8) is 0 Å². The molecule has 1 aromatic carbocycles. The summed E-state index contributed by atoms with van der Waals surface area (Å²) in [6, 6.07) is 7.72. The van der Waals surface area contributed by atoms with E-state index in [0.29, 0.717) is 11.8 Å². The molecule has 0 radical (unpaired) electrons. The lowest BCUT2D eigenvalue weighted by atomic mass is 9.67. The SMILES string of the molecule is Cc1coc(-c2cccc(NC(=O)[C@@]34CCCC[C@H]3CNC4)c2)n1. The van der Waals surface area contributed by atoms with Crippen molar-refractivity contribution in [2.45, 2.75) is 32.6 Å². The monoisotopic (exact) mass is 325 g/mol. The largest absolute Gasteiger partial charge is 0.444 e. The van der Waals surface area contributed by atoms with Crippen molar-refractivity contribution in [2.75, 3.05) is 18.4 Å². The van der Waals surface area contributed by atoms with Crippen LogP contribution in [-0.4, -0.2) is 24.0 Å². The molecule has 1 aromatic heterocycles. The first-order chi connectivity index (χ1) is 11.7. The third-order valence-electron chi connectivity index (χ3n) is 5.48. The number of benzene rings is 1. The molecule has 4 rings (SSSR count). The number of oxazole rings is 1. The fourth-order valence-electron chi connectivity index (χ4n) is 4.16. The summed E-state index contributed by atoms with van der Waals surface area (Å²) in [5, 5.41) is 6.57. The van der Waals surface area contributed by atoms with E-state index in [0.717, 1.165) is 49.3 Å². The Bertz CT molecular complexity index is 755. The van der Waals surface area contributed by atoms with E-state index in [1.807, 2.05) is 31.2 Å². The fourth-order valence-corrected chi connectivity index (χ4v) is 4.16. The summed E-state index contributed by atoms with van der Waals surface area (Å²) in [4.78, 5) is 17.4. The first kappa shape index (κ1) is 15.4. The van der Waals surface area contributed by atoms with E-state index in [-0.39, 0.29) is 11.3 Å². The number of rotatable bonds is 3. The van der Waals surface area contributed by atoms with Gasteiger partial charge in [-0.1, -0.05) is 18.9 Å². The summed E-state index contributed by atoms with van der Waals surface area (Å²) in [6.07, 6.45) is 6.14. The van der Waals surface area contributed by atoms with Gasteiger partial charge in [0.15, 0.2) is 0 Å². The van der Waals surface area contributed by atoms with Crippen LogP contribution in [0, 0.1) is 18.3 Å². The Kier molecular flexibility index (Phi) is 3.88. The molecule has 5 nitrogen and oxygen atoms in total. The Morgan fingerprint density at radius 2 is 2.33 bits per heavy atom. The average Bonchev–Trinajstić information content (AvgIpc) is 3.22. The van der Waals surface area contributed by atoms with Crippen molar-refractivity contribution in [3.05, 3.63) is 36.2 Å². The molecule has 0 unspecified atom stereocenters. The lowest BCUT2D eigenvalue weighted by Crippen LogP contribution is -2.44. The molecule has 2 aromatic rings. The van der Waals surface area contributed by atoms with E-state index >= 15 is 0 Å². The topological polar surface area (TPSA) is 67.2 Å². The van der Waals surface area contributed by atoms with Crippen LogP contribution in [0.3, 0.4) is 0 Å². The molecule has 24 heavy (non-hydrogen) atoms. The van der Waals surface area contributed by atoms with E-state index in [1.165, 1.54) is 6.42 Å². The second-order valence-corrected chi connectivity index (χ2v) is 7.06. The predicted molar refractivity (Wildman–Crippen MR) is 92.6 cm³/mol. The standard InChI is InChI=1S/C19H23N3O2/c1-13-11-24-17(21-13)14-5-4-7-16(9-14)22-18(23)19-8-3-2-6-15(19)10-20-12-19/h4-5,7,9,11,15,20H,2-3,6,8,10,12H2,1H3,(H,22,23)/t15-,19+/m0/s1. The molecule has 5 heteroatoms. The Morgan fingerprint density at radius 1 is 1.42 bits per heavy atom. The molecule has 0 spiro atoms. The van der Waals surface area contributed by atoms with Crippen LogP contribution in [0.4, 0.5) is 5.69 Å². The average molecular weight is 325 g/mol.